The van der Waals surface area contributed by atoms with Crippen molar-refractivity contribution < 1.29 is 15.0 Å². The Kier molecular flexibility index (Phi) is 3.07. The molecular weight excluding hydrogens is 218 g/mol. The molecule has 17 heavy (non-hydrogen) atoms. The van der Waals surface area contributed by atoms with E-state index in [-0.39, 0.29) is 5.75 Å². The van der Waals surface area contributed by atoms with Crippen molar-refractivity contribution in [2.75, 3.05) is 6.54 Å². The fourth-order valence-electron chi connectivity index (χ4n) is 1.79. The average Bonchev–Trinajstić information content (AvgIpc) is 3.09. The molecule has 0 heterocycles. The van der Waals surface area contributed by atoms with E-state index < -0.39 is 11.5 Å². The van der Waals surface area contributed by atoms with Crippen molar-refractivity contribution in [3.63, 3.8) is 0 Å². The first-order valence-electron chi connectivity index (χ1n) is 5.80. The van der Waals surface area contributed by atoms with Crippen molar-refractivity contribution in [3.8, 4) is 5.75 Å². The quantitative estimate of drug-likeness (QED) is 0.726. The van der Waals surface area contributed by atoms with Gasteiger partial charge in [-0.2, -0.15) is 0 Å². The third-order valence-electron chi connectivity index (χ3n) is 3.29. The molecule has 0 spiro atoms. The molecule has 1 aromatic rings. The van der Waals surface area contributed by atoms with Gasteiger partial charge < -0.3 is 10.2 Å². The predicted molar refractivity (Wildman–Crippen MR) is 63.8 cm³/mol. The van der Waals surface area contributed by atoms with E-state index in [1.54, 1.807) is 19.1 Å². The summed E-state index contributed by atoms with van der Waals surface area (Å²) < 4.78 is 0. The van der Waals surface area contributed by atoms with Gasteiger partial charge >= 0.3 is 5.97 Å². The monoisotopic (exact) mass is 235 g/mol. The van der Waals surface area contributed by atoms with Gasteiger partial charge in [0.25, 0.3) is 0 Å². The van der Waals surface area contributed by atoms with Crippen molar-refractivity contribution in [3.05, 3.63) is 29.8 Å². The van der Waals surface area contributed by atoms with Crippen molar-refractivity contribution in [2.45, 2.75) is 25.3 Å². The van der Waals surface area contributed by atoms with Gasteiger partial charge in [0.1, 0.15) is 11.3 Å². The first kappa shape index (κ1) is 11.9. The van der Waals surface area contributed by atoms with Crippen LogP contribution < -0.4 is 5.32 Å². The molecule has 2 rings (SSSR count). The highest BCUT2D eigenvalue weighted by atomic mass is 16.4. The SMILES string of the molecule is CC(NCC1CC1)(C(=O)O)c1cccc(O)c1. The van der Waals surface area contributed by atoms with Crippen LogP contribution in [0.3, 0.4) is 0 Å². The summed E-state index contributed by atoms with van der Waals surface area (Å²) >= 11 is 0. The number of benzene rings is 1. The summed E-state index contributed by atoms with van der Waals surface area (Å²) in [6.07, 6.45) is 2.34. The summed E-state index contributed by atoms with van der Waals surface area (Å²) in [5.41, 5.74) is -0.563. The van der Waals surface area contributed by atoms with Gasteiger partial charge in [0, 0.05) is 0 Å². The zero-order valence-corrected chi connectivity index (χ0v) is 9.81. The van der Waals surface area contributed by atoms with Crippen LogP contribution in [0.5, 0.6) is 5.75 Å². The normalized spacial score (nSPS) is 18.6. The Morgan fingerprint density at radius 1 is 1.53 bits per heavy atom. The number of hydrogen-bond donors (Lipinski definition) is 3. The number of aromatic hydroxyl groups is 1. The first-order valence-corrected chi connectivity index (χ1v) is 5.80. The Labute approximate surface area is 100 Å². The van der Waals surface area contributed by atoms with Gasteiger partial charge in [-0.05, 0) is 49.9 Å². The molecular formula is C13H17NO3. The van der Waals surface area contributed by atoms with Crippen molar-refractivity contribution in [1.29, 1.82) is 0 Å². The second-order valence-electron chi connectivity index (χ2n) is 4.80. The smallest absolute Gasteiger partial charge is 0.328 e. The molecule has 0 aliphatic heterocycles. The molecule has 1 saturated carbocycles. The zero-order valence-electron chi connectivity index (χ0n) is 9.81. The number of rotatable bonds is 5. The number of carbonyl (C=O) groups is 1. The number of carboxylic acids is 1. The summed E-state index contributed by atoms with van der Waals surface area (Å²) in [5.74, 6) is -0.238. The fourth-order valence-corrected chi connectivity index (χ4v) is 1.79. The average molecular weight is 235 g/mol. The Hall–Kier alpha value is -1.55. The van der Waals surface area contributed by atoms with Gasteiger partial charge in [-0.25, -0.2) is 4.79 Å². The highest BCUT2D eigenvalue weighted by Gasteiger charge is 2.36. The molecule has 0 aromatic heterocycles. The molecule has 4 heteroatoms. The first-order chi connectivity index (χ1) is 8.02. The lowest BCUT2D eigenvalue weighted by atomic mass is 9.91. The number of hydrogen-bond acceptors (Lipinski definition) is 3. The Bertz CT molecular complexity index is 428. The second kappa shape index (κ2) is 4.37. The fraction of sp³-hybridized carbons (Fsp3) is 0.462. The van der Waals surface area contributed by atoms with Crippen LogP contribution in [0.1, 0.15) is 25.3 Å². The number of nitrogens with one attached hydrogen (secondary N) is 1. The standard InChI is InChI=1S/C13H17NO3/c1-13(12(16)17,14-8-9-5-6-9)10-3-2-4-11(15)7-10/h2-4,7,9,14-15H,5-6,8H2,1H3,(H,16,17). The van der Waals surface area contributed by atoms with E-state index in [9.17, 15) is 15.0 Å². The van der Waals surface area contributed by atoms with E-state index in [2.05, 4.69) is 5.32 Å². The van der Waals surface area contributed by atoms with Crippen LogP contribution in [0.25, 0.3) is 0 Å². The molecule has 92 valence electrons. The lowest BCUT2D eigenvalue weighted by Gasteiger charge is -2.27. The van der Waals surface area contributed by atoms with Gasteiger partial charge in [-0.15, -0.1) is 0 Å². The van der Waals surface area contributed by atoms with Gasteiger partial charge in [0.2, 0.25) is 0 Å². The molecule has 1 aromatic carbocycles. The van der Waals surface area contributed by atoms with Crippen LogP contribution in [-0.4, -0.2) is 22.7 Å². The maximum Gasteiger partial charge on any atom is 0.328 e. The van der Waals surface area contributed by atoms with Gasteiger partial charge in [-0.3, -0.25) is 5.32 Å². The summed E-state index contributed by atoms with van der Waals surface area (Å²) in [7, 11) is 0. The molecule has 1 aliphatic rings. The third kappa shape index (κ3) is 2.58. The van der Waals surface area contributed by atoms with Gasteiger partial charge in [0.05, 0.1) is 0 Å². The van der Waals surface area contributed by atoms with E-state index in [1.165, 1.54) is 25.0 Å². The Morgan fingerprint density at radius 3 is 2.76 bits per heavy atom. The Morgan fingerprint density at radius 2 is 2.24 bits per heavy atom. The molecule has 3 N–H and O–H groups in total. The van der Waals surface area contributed by atoms with Gasteiger partial charge in [-0.1, -0.05) is 12.1 Å². The predicted octanol–water partition coefficient (Wildman–Crippen LogP) is 1.69. The molecule has 1 aliphatic carbocycles. The summed E-state index contributed by atoms with van der Waals surface area (Å²) in [5, 5.41) is 21.9. The molecule has 0 radical (unpaired) electrons. The molecule has 0 saturated heterocycles. The number of carboxylic acid groups (broad SMARTS) is 1. The third-order valence-corrected chi connectivity index (χ3v) is 3.29. The van der Waals surface area contributed by atoms with Crippen LogP contribution in [0.2, 0.25) is 0 Å². The second-order valence-corrected chi connectivity index (χ2v) is 4.80. The van der Waals surface area contributed by atoms with E-state index >= 15 is 0 Å². The lowest BCUT2D eigenvalue weighted by Crippen LogP contribution is -2.47. The number of phenols is 1. The molecule has 1 unspecified atom stereocenters. The highest BCUT2D eigenvalue weighted by molar-refractivity contribution is 5.80. The summed E-state index contributed by atoms with van der Waals surface area (Å²) in [4.78, 5) is 11.4. The van der Waals surface area contributed by atoms with Crippen LogP contribution in [0, 0.1) is 5.92 Å². The summed E-state index contributed by atoms with van der Waals surface area (Å²) in [6.45, 7) is 2.34. The maximum atomic E-state index is 11.4. The van der Waals surface area contributed by atoms with Crippen molar-refractivity contribution in [1.82, 2.24) is 5.32 Å². The molecule has 1 fully saturated rings. The minimum absolute atomic E-state index is 0.0863. The van der Waals surface area contributed by atoms with E-state index in [0.29, 0.717) is 18.0 Å². The minimum atomic E-state index is -1.14. The largest absolute Gasteiger partial charge is 0.508 e. The topological polar surface area (TPSA) is 69.6 Å². The Balaban J connectivity index is 2.22. The minimum Gasteiger partial charge on any atom is -0.508 e. The highest BCUT2D eigenvalue weighted by Crippen LogP contribution is 2.30. The van der Waals surface area contributed by atoms with Crippen molar-refractivity contribution in [2.24, 2.45) is 5.92 Å². The molecule has 4 nitrogen and oxygen atoms in total. The van der Waals surface area contributed by atoms with E-state index in [1.807, 2.05) is 0 Å². The van der Waals surface area contributed by atoms with Crippen LogP contribution in [0.4, 0.5) is 0 Å². The summed E-state index contributed by atoms with van der Waals surface area (Å²) in [6, 6.07) is 6.40. The van der Waals surface area contributed by atoms with E-state index in [0.717, 1.165) is 0 Å². The van der Waals surface area contributed by atoms with E-state index in [4.69, 9.17) is 0 Å². The molecule has 0 amide bonds. The van der Waals surface area contributed by atoms with Gasteiger partial charge in [0.15, 0.2) is 0 Å². The van der Waals surface area contributed by atoms with Crippen LogP contribution >= 0.6 is 0 Å². The van der Waals surface area contributed by atoms with Crippen molar-refractivity contribution >= 4 is 5.97 Å². The number of aliphatic carboxylic acids is 1. The number of phenolic OH excluding ortho intramolecular Hbond substituents is 1. The van der Waals surface area contributed by atoms with Crippen LogP contribution in [0.15, 0.2) is 24.3 Å². The lowest BCUT2D eigenvalue weighted by molar-refractivity contribution is -0.144. The zero-order chi connectivity index (χ0) is 12.5. The maximum absolute atomic E-state index is 11.4. The molecule has 0 bridgehead atoms. The molecule has 1 atom stereocenters. The van der Waals surface area contributed by atoms with Crippen LogP contribution in [-0.2, 0) is 10.3 Å².